The molecule has 1 rings (SSSR count). The second-order valence-electron chi connectivity index (χ2n) is 3.44. The standard InChI is InChI=1S/C9H14BrN3O2S2/c1-6(16-2)4-13-17(14,15)8-3-7(10)5-12-9(8)11/h3,5-6,13H,4H2,1-2H3,(H2,11,12). The minimum absolute atomic E-state index is 0.000165. The maximum Gasteiger partial charge on any atom is 0.244 e. The molecule has 0 fully saturated rings. The third-order valence-corrected chi connectivity index (χ3v) is 4.96. The molecule has 0 aromatic carbocycles. The first-order valence-electron chi connectivity index (χ1n) is 4.80. The number of aromatic nitrogens is 1. The van der Waals surface area contributed by atoms with E-state index >= 15 is 0 Å². The lowest BCUT2D eigenvalue weighted by molar-refractivity contribution is 0.581. The van der Waals surface area contributed by atoms with Crippen LogP contribution < -0.4 is 10.5 Å². The van der Waals surface area contributed by atoms with Crippen LogP contribution in [0.4, 0.5) is 5.82 Å². The Morgan fingerprint density at radius 1 is 1.65 bits per heavy atom. The zero-order valence-electron chi connectivity index (χ0n) is 9.47. The summed E-state index contributed by atoms with van der Waals surface area (Å²) in [6.45, 7) is 2.30. The summed E-state index contributed by atoms with van der Waals surface area (Å²) in [5.74, 6) is -0.00231. The van der Waals surface area contributed by atoms with E-state index in [1.54, 1.807) is 11.8 Å². The largest absolute Gasteiger partial charge is 0.383 e. The Balaban J connectivity index is 2.93. The fourth-order valence-corrected chi connectivity index (χ4v) is 3.11. The molecule has 0 saturated carbocycles. The van der Waals surface area contributed by atoms with Crippen LogP contribution in [0.2, 0.25) is 0 Å². The summed E-state index contributed by atoms with van der Waals surface area (Å²) in [4.78, 5) is 3.80. The Morgan fingerprint density at radius 3 is 2.88 bits per heavy atom. The Bertz CT molecular complexity index is 493. The zero-order valence-corrected chi connectivity index (χ0v) is 12.7. The SMILES string of the molecule is CSC(C)CNS(=O)(=O)c1cc(Br)cnc1N. The highest BCUT2D eigenvalue weighted by molar-refractivity contribution is 9.10. The molecule has 1 heterocycles. The minimum atomic E-state index is -3.60. The first kappa shape index (κ1) is 14.7. The molecular formula is C9H14BrN3O2S2. The summed E-state index contributed by atoms with van der Waals surface area (Å²) in [5, 5.41) is 0.200. The fraction of sp³-hybridized carbons (Fsp3) is 0.444. The number of nitrogen functional groups attached to an aromatic ring is 1. The summed E-state index contributed by atoms with van der Waals surface area (Å²) in [7, 11) is -3.60. The molecule has 1 unspecified atom stereocenters. The highest BCUT2D eigenvalue weighted by Crippen LogP contribution is 2.20. The second-order valence-corrected chi connectivity index (χ2v) is 7.36. The summed E-state index contributed by atoms with van der Waals surface area (Å²) in [6.07, 6.45) is 3.38. The van der Waals surface area contributed by atoms with Crippen molar-refractivity contribution in [2.75, 3.05) is 18.5 Å². The molecule has 1 aromatic heterocycles. The summed E-state index contributed by atoms with van der Waals surface area (Å²) >= 11 is 4.75. The predicted octanol–water partition coefficient (Wildman–Crippen LogP) is 1.46. The average Bonchev–Trinajstić information content (AvgIpc) is 2.29. The van der Waals surface area contributed by atoms with Crippen LogP contribution in [0.25, 0.3) is 0 Å². The molecule has 1 atom stereocenters. The highest BCUT2D eigenvalue weighted by atomic mass is 79.9. The van der Waals surface area contributed by atoms with E-state index in [0.29, 0.717) is 11.0 Å². The lowest BCUT2D eigenvalue weighted by atomic mass is 10.5. The quantitative estimate of drug-likeness (QED) is 0.848. The number of rotatable bonds is 5. The van der Waals surface area contributed by atoms with Crippen LogP contribution in [0.1, 0.15) is 6.92 Å². The first-order valence-corrected chi connectivity index (χ1v) is 8.36. The van der Waals surface area contributed by atoms with Crippen molar-refractivity contribution in [1.29, 1.82) is 0 Å². The van der Waals surface area contributed by atoms with E-state index in [1.165, 1.54) is 12.3 Å². The Hall–Kier alpha value is -0.310. The van der Waals surface area contributed by atoms with Crippen LogP contribution in [-0.4, -0.2) is 31.5 Å². The van der Waals surface area contributed by atoms with E-state index in [9.17, 15) is 8.42 Å². The number of hydrogen-bond donors (Lipinski definition) is 2. The zero-order chi connectivity index (χ0) is 13.1. The number of pyridine rings is 1. The fourth-order valence-electron chi connectivity index (χ4n) is 1.03. The van der Waals surface area contributed by atoms with Gasteiger partial charge < -0.3 is 5.73 Å². The molecule has 0 radical (unpaired) electrons. The van der Waals surface area contributed by atoms with Crippen molar-refractivity contribution < 1.29 is 8.42 Å². The molecule has 0 aliphatic carbocycles. The van der Waals surface area contributed by atoms with Gasteiger partial charge >= 0.3 is 0 Å². The Labute approximate surface area is 114 Å². The molecule has 3 N–H and O–H groups in total. The van der Waals surface area contributed by atoms with Gasteiger partial charge in [-0.15, -0.1) is 0 Å². The van der Waals surface area contributed by atoms with E-state index in [2.05, 4.69) is 25.6 Å². The topological polar surface area (TPSA) is 85.1 Å². The van der Waals surface area contributed by atoms with Gasteiger partial charge in [-0.25, -0.2) is 18.1 Å². The van der Waals surface area contributed by atoms with Gasteiger partial charge in [0.25, 0.3) is 0 Å². The van der Waals surface area contributed by atoms with Crippen LogP contribution in [-0.2, 0) is 10.0 Å². The van der Waals surface area contributed by atoms with Gasteiger partial charge in [-0.3, -0.25) is 0 Å². The van der Waals surface area contributed by atoms with Gasteiger partial charge in [0.2, 0.25) is 10.0 Å². The smallest absolute Gasteiger partial charge is 0.244 e. The Kier molecular flexibility index (Phi) is 5.23. The van der Waals surface area contributed by atoms with Crippen LogP contribution in [0, 0.1) is 0 Å². The maximum absolute atomic E-state index is 12.0. The molecule has 17 heavy (non-hydrogen) atoms. The van der Waals surface area contributed by atoms with Gasteiger partial charge in [-0.1, -0.05) is 6.92 Å². The number of thioether (sulfide) groups is 1. The summed E-state index contributed by atoms with van der Waals surface area (Å²) in [5.41, 5.74) is 5.56. The monoisotopic (exact) mass is 339 g/mol. The van der Waals surface area contributed by atoms with Gasteiger partial charge in [0.15, 0.2) is 0 Å². The van der Waals surface area contributed by atoms with E-state index in [0.717, 1.165) is 0 Å². The van der Waals surface area contributed by atoms with Crippen molar-refractivity contribution in [3.63, 3.8) is 0 Å². The molecule has 5 nitrogen and oxygen atoms in total. The van der Waals surface area contributed by atoms with E-state index in [-0.39, 0.29) is 16.0 Å². The van der Waals surface area contributed by atoms with Crippen LogP contribution in [0.5, 0.6) is 0 Å². The van der Waals surface area contributed by atoms with Gasteiger partial charge in [-0.2, -0.15) is 11.8 Å². The molecule has 0 saturated heterocycles. The number of halogens is 1. The van der Waals surface area contributed by atoms with Crippen LogP contribution in [0.3, 0.4) is 0 Å². The van der Waals surface area contributed by atoms with Crippen molar-refractivity contribution in [3.05, 3.63) is 16.7 Å². The van der Waals surface area contributed by atoms with E-state index in [1.807, 2.05) is 13.2 Å². The van der Waals surface area contributed by atoms with Gasteiger partial charge in [0.1, 0.15) is 10.7 Å². The minimum Gasteiger partial charge on any atom is -0.383 e. The van der Waals surface area contributed by atoms with Crippen molar-refractivity contribution >= 4 is 43.5 Å². The molecule has 0 aliphatic heterocycles. The number of hydrogen-bond acceptors (Lipinski definition) is 5. The lowest BCUT2D eigenvalue weighted by Gasteiger charge is -2.11. The maximum atomic E-state index is 12.0. The third-order valence-electron chi connectivity index (χ3n) is 2.10. The Morgan fingerprint density at radius 2 is 2.29 bits per heavy atom. The number of anilines is 1. The number of sulfonamides is 1. The molecule has 0 bridgehead atoms. The van der Waals surface area contributed by atoms with Crippen molar-refractivity contribution in [2.24, 2.45) is 0 Å². The molecule has 0 spiro atoms. The predicted molar refractivity (Wildman–Crippen MR) is 74.5 cm³/mol. The molecule has 8 heteroatoms. The molecule has 1 aromatic rings. The molecular weight excluding hydrogens is 326 g/mol. The van der Waals surface area contributed by atoms with E-state index < -0.39 is 10.0 Å². The normalized spacial score (nSPS) is 13.6. The van der Waals surface area contributed by atoms with E-state index in [4.69, 9.17) is 5.73 Å². The third kappa shape index (κ3) is 4.13. The average molecular weight is 340 g/mol. The summed E-state index contributed by atoms with van der Waals surface area (Å²) in [6, 6.07) is 1.44. The lowest BCUT2D eigenvalue weighted by Crippen LogP contribution is -2.30. The van der Waals surface area contributed by atoms with Crippen molar-refractivity contribution in [3.8, 4) is 0 Å². The molecule has 0 amide bonds. The van der Waals surface area contributed by atoms with Gasteiger partial charge in [-0.05, 0) is 28.3 Å². The number of nitrogens with zero attached hydrogens (tertiary/aromatic N) is 1. The first-order chi connectivity index (χ1) is 7.86. The number of nitrogens with one attached hydrogen (secondary N) is 1. The number of nitrogens with two attached hydrogens (primary N) is 1. The van der Waals surface area contributed by atoms with Gasteiger partial charge in [0.05, 0.1) is 0 Å². The van der Waals surface area contributed by atoms with Gasteiger partial charge in [0, 0.05) is 22.5 Å². The van der Waals surface area contributed by atoms with Crippen LogP contribution >= 0.6 is 27.7 Å². The van der Waals surface area contributed by atoms with Crippen molar-refractivity contribution in [2.45, 2.75) is 17.1 Å². The van der Waals surface area contributed by atoms with Crippen molar-refractivity contribution in [1.82, 2.24) is 9.71 Å². The molecule has 0 aliphatic rings. The van der Waals surface area contributed by atoms with Crippen LogP contribution in [0.15, 0.2) is 21.6 Å². The molecule has 96 valence electrons. The highest BCUT2D eigenvalue weighted by Gasteiger charge is 2.19. The second kappa shape index (κ2) is 6.03. The summed E-state index contributed by atoms with van der Waals surface area (Å²) < 4.78 is 27.0.